The van der Waals surface area contributed by atoms with Crippen LogP contribution >= 0.6 is 0 Å². The Labute approximate surface area is 50.2 Å². The molecule has 6 heteroatoms. The van der Waals surface area contributed by atoms with Gasteiger partial charge in [-0.3, -0.25) is 0 Å². The summed E-state index contributed by atoms with van der Waals surface area (Å²) in [6, 6.07) is 0. The van der Waals surface area contributed by atoms with Gasteiger partial charge in [-0.15, -0.1) is 0 Å². The van der Waals surface area contributed by atoms with Crippen molar-refractivity contribution in [1.82, 2.24) is 0 Å². The van der Waals surface area contributed by atoms with Gasteiger partial charge in [-0.25, -0.2) is 16.4 Å². The Balaban J connectivity index is 0. The summed E-state index contributed by atoms with van der Waals surface area (Å²) in [5, 5.41) is 0. The second kappa shape index (κ2) is 2.84. The van der Waals surface area contributed by atoms with Crippen molar-refractivity contribution in [1.29, 1.82) is 0 Å². The molecular formula is F4SiSn+2. The van der Waals surface area contributed by atoms with E-state index in [0.29, 0.717) is 0 Å². The molecule has 0 N–H and O–H groups in total. The third-order valence-electron chi connectivity index (χ3n) is 0. The Morgan fingerprint density at radius 2 is 0.833 bits per heavy atom. The minimum Gasteiger partial charge on any atom is -0.211 e. The first-order valence-electron chi connectivity index (χ1n) is 0.756. The van der Waals surface area contributed by atoms with E-state index >= 15 is 0 Å². The molecule has 0 aliphatic carbocycles. The summed E-state index contributed by atoms with van der Waals surface area (Å²) in [7, 11) is -6.61. The average Bonchev–Trinajstić information content (AvgIpc) is 0.722. The molecule has 2 radical (unpaired) electrons. The smallest absolute Gasteiger partial charge is 0.211 e. The summed E-state index contributed by atoms with van der Waals surface area (Å²) in [6.07, 6.45) is 0. The van der Waals surface area contributed by atoms with Crippen molar-refractivity contribution in [2.45, 2.75) is 0 Å². The maximum atomic E-state index is 9.83. The summed E-state index contributed by atoms with van der Waals surface area (Å²) < 4.78 is 39.3. The molecule has 0 saturated heterocycles. The fourth-order valence-electron chi connectivity index (χ4n) is 0. The summed E-state index contributed by atoms with van der Waals surface area (Å²) in [5.74, 6) is 0. The predicted octanol–water partition coefficient (Wildman–Crippen LogP) is 0.919. The van der Waals surface area contributed by atoms with E-state index in [4.69, 9.17) is 0 Å². The van der Waals surface area contributed by atoms with Crippen molar-refractivity contribution < 1.29 is 16.4 Å². The topological polar surface area (TPSA) is 0 Å². The molecule has 34 valence electrons. The third kappa shape index (κ3) is 122. The van der Waals surface area contributed by atoms with Gasteiger partial charge in [-0.2, -0.15) is 0 Å². The minimum atomic E-state index is -6.61. The molecule has 0 amide bonds. The number of hydrogen-bond acceptors (Lipinski definition) is 0. The number of hydrogen-bond donors (Lipinski definition) is 0. The fourth-order valence-corrected chi connectivity index (χ4v) is 0. The van der Waals surface area contributed by atoms with E-state index in [-0.39, 0.29) is 23.9 Å². The largest absolute Gasteiger partial charge is 2.00 e. The van der Waals surface area contributed by atoms with Gasteiger partial charge >= 0.3 is 33.3 Å². The zero-order chi connectivity index (χ0) is 4.50. The molecule has 0 spiro atoms. The van der Waals surface area contributed by atoms with Gasteiger partial charge in [-0.05, 0) is 0 Å². The molecule has 0 nitrogen and oxygen atoms in total. The van der Waals surface area contributed by atoms with Gasteiger partial charge in [0.1, 0.15) is 0 Å². The molecular weight excluding hydrogens is 223 g/mol. The predicted molar refractivity (Wildman–Crippen MR) is 15.9 cm³/mol. The van der Waals surface area contributed by atoms with E-state index < -0.39 is 9.41 Å². The zero-order valence-corrected chi connectivity index (χ0v) is 6.37. The summed E-state index contributed by atoms with van der Waals surface area (Å²) in [6.45, 7) is 0. The van der Waals surface area contributed by atoms with E-state index in [2.05, 4.69) is 0 Å². The molecule has 0 heterocycles. The van der Waals surface area contributed by atoms with Crippen LogP contribution in [0.5, 0.6) is 0 Å². The van der Waals surface area contributed by atoms with E-state index in [1.807, 2.05) is 0 Å². The summed E-state index contributed by atoms with van der Waals surface area (Å²) in [5.41, 5.74) is 0. The molecule has 0 aromatic carbocycles. The first-order valence-corrected chi connectivity index (χ1v) is 2.27. The van der Waals surface area contributed by atoms with E-state index in [9.17, 15) is 16.4 Å². The van der Waals surface area contributed by atoms with Gasteiger partial charge < -0.3 is 0 Å². The standard InChI is InChI=1S/F4Si.Sn/c1-5(2,3)4;/q;+2. The maximum absolute atomic E-state index is 9.83. The van der Waals surface area contributed by atoms with Gasteiger partial charge in [0.05, 0.1) is 0 Å². The number of halogens is 4. The van der Waals surface area contributed by atoms with Crippen LogP contribution in [0.15, 0.2) is 0 Å². The van der Waals surface area contributed by atoms with Gasteiger partial charge in [0.25, 0.3) is 0 Å². The Hall–Kier alpha value is 0.736. The van der Waals surface area contributed by atoms with Crippen molar-refractivity contribution in [2.75, 3.05) is 0 Å². The van der Waals surface area contributed by atoms with E-state index in [1.165, 1.54) is 0 Å². The first kappa shape index (κ1) is 9.88. The van der Waals surface area contributed by atoms with Gasteiger partial charge in [0.15, 0.2) is 0 Å². The monoisotopic (exact) mass is 224 g/mol. The molecule has 0 rings (SSSR count). The van der Waals surface area contributed by atoms with Crippen LogP contribution < -0.4 is 0 Å². The maximum Gasteiger partial charge on any atom is 2.00 e. The molecule has 0 aliphatic rings. The van der Waals surface area contributed by atoms with Crippen LogP contribution in [0.25, 0.3) is 0 Å². The van der Waals surface area contributed by atoms with Crippen molar-refractivity contribution in [3.63, 3.8) is 0 Å². The number of rotatable bonds is 0. The van der Waals surface area contributed by atoms with Crippen LogP contribution in [0.2, 0.25) is 0 Å². The average molecular weight is 223 g/mol. The van der Waals surface area contributed by atoms with Crippen LogP contribution in [-0.2, 0) is 0 Å². The molecule has 0 atom stereocenters. The third-order valence-corrected chi connectivity index (χ3v) is 0. The van der Waals surface area contributed by atoms with Crippen molar-refractivity contribution >= 4 is 33.3 Å². The molecule has 0 saturated carbocycles. The SMILES string of the molecule is F[Si](F)(F)F.[Sn+2]. The van der Waals surface area contributed by atoms with Crippen LogP contribution in [0, 0.1) is 0 Å². The minimum absolute atomic E-state index is 0. The second-order valence-electron chi connectivity index (χ2n) is 0.429. The van der Waals surface area contributed by atoms with Crippen LogP contribution in [0.4, 0.5) is 16.4 Å². The van der Waals surface area contributed by atoms with Crippen molar-refractivity contribution in [3.05, 3.63) is 0 Å². The van der Waals surface area contributed by atoms with Crippen LogP contribution in [-0.4, -0.2) is 33.3 Å². The molecule has 0 aromatic rings. The van der Waals surface area contributed by atoms with E-state index in [0.717, 1.165) is 0 Å². The van der Waals surface area contributed by atoms with Crippen LogP contribution in [0.1, 0.15) is 0 Å². The second-order valence-corrected chi connectivity index (χ2v) is 1.29. The molecule has 0 unspecified atom stereocenters. The van der Waals surface area contributed by atoms with Crippen molar-refractivity contribution in [3.8, 4) is 0 Å². The molecule has 0 aromatic heterocycles. The molecule has 0 bridgehead atoms. The quantitative estimate of drug-likeness (QED) is 0.325. The summed E-state index contributed by atoms with van der Waals surface area (Å²) in [4.78, 5) is 0. The Kier molecular flexibility index (Phi) is 4.67. The van der Waals surface area contributed by atoms with Crippen molar-refractivity contribution in [2.24, 2.45) is 0 Å². The van der Waals surface area contributed by atoms with Crippen LogP contribution in [0.3, 0.4) is 0 Å². The van der Waals surface area contributed by atoms with E-state index in [1.54, 1.807) is 0 Å². The van der Waals surface area contributed by atoms with Gasteiger partial charge in [0, 0.05) is 0 Å². The molecule has 0 aliphatic heterocycles. The van der Waals surface area contributed by atoms with Gasteiger partial charge in [0.2, 0.25) is 0 Å². The molecule has 6 heavy (non-hydrogen) atoms. The fraction of sp³-hybridized carbons (Fsp3) is 0. The summed E-state index contributed by atoms with van der Waals surface area (Å²) >= 11 is 0. The zero-order valence-electron chi connectivity index (χ0n) is 2.51. The Morgan fingerprint density at radius 1 is 0.833 bits per heavy atom. The first-order chi connectivity index (χ1) is 2.00. The normalized spacial score (nSPS) is 10.0. The molecule has 0 fully saturated rings. The Morgan fingerprint density at radius 3 is 0.833 bits per heavy atom. The van der Waals surface area contributed by atoms with Gasteiger partial charge in [-0.1, -0.05) is 0 Å². The Bertz CT molecular complexity index is 23.0.